The average Bonchev–Trinajstić information content (AvgIpc) is 3.31. The van der Waals surface area contributed by atoms with Crippen molar-refractivity contribution >= 4 is 21.3 Å². The van der Waals surface area contributed by atoms with E-state index in [2.05, 4.69) is 9.88 Å². The molecule has 1 aliphatic carbocycles. The number of hydrogen-bond acceptors (Lipinski definition) is 6. The first kappa shape index (κ1) is 17.8. The van der Waals surface area contributed by atoms with Gasteiger partial charge in [0.15, 0.2) is 5.78 Å². The van der Waals surface area contributed by atoms with Gasteiger partial charge in [0.2, 0.25) is 5.88 Å². The normalized spacial score (nSPS) is 23.2. The van der Waals surface area contributed by atoms with Crippen molar-refractivity contribution in [3.8, 4) is 5.88 Å². The molecule has 2 aliphatic heterocycles. The number of Topliss-reactive ketones (excluding diaryl/α,β-unsaturated/α-hetero) is 1. The summed E-state index contributed by atoms with van der Waals surface area (Å²) in [7, 11) is -2.97. The number of carbonyl (C=O) groups excluding carboxylic acids is 1. The number of anilines is 1. The lowest BCUT2D eigenvalue weighted by Gasteiger charge is -2.23. The zero-order valence-electron chi connectivity index (χ0n) is 15.0. The molecule has 0 radical (unpaired) electrons. The first-order valence-corrected chi connectivity index (χ1v) is 11.5. The summed E-state index contributed by atoms with van der Waals surface area (Å²) in [5, 5.41) is 0. The van der Waals surface area contributed by atoms with Crippen molar-refractivity contribution in [2.24, 2.45) is 11.8 Å². The fraction of sp³-hybridized carbons (Fsp3) is 0.684. The molecular weight excluding hydrogens is 352 g/mol. The SMILES string of the molecule is O=C(c1ccc(N2CCCC2)c(OCC2CC2)n1)C1CCS(=O)(=O)CC1. The van der Waals surface area contributed by atoms with E-state index in [1.54, 1.807) is 6.07 Å². The molecule has 0 unspecified atom stereocenters. The van der Waals surface area contributed by atoms with Gasteiger partial charge in [-0.1, -0.05) is 0 Å². The topological polar surface area (TPSA) is 76.6 Å². The third-order valence-corrected chi connectivity index (χ3v) is 7.33. The highest BCUT2D eigenvalue weighted by atomic mass is 32.2. The number of hydrogen-bond donors (Lipinski definition) is 0. The van der Waals surface area contributed by atoms with Crippen LogP contribution in [0.1, 0.15) is 49.0 Å². The van der Waals surface area contributed by atoms with E-state index in [4.69, 9.17) is 4.74 Å². The standard InChI is InChI=1S/C19H26N2O4S/c22-18(15-7-11-26(23,24)12-8-15)16-5-6-17(21-9-1-2-10-21)19(20-16)25-13-14-3-4-14/h5-6,14-15H,1-4,7-13H2. The van der Waals surface area contributed by atoms with E-state index in [0.29, 0.717) is 36.9 Å². The van der Waals surface area contributed by atoms with Gasteiger partial charge >= 0.3 is 0 Å². The molecule has 0 amide bonds. The molecule has 7 heteroatoms. The van der Waals surface area contributed by atoms with E-state index in [-0.39, 0.29) is 23.2 Å². The molecule has 1 aromatic rings. The lowest BCUT2D eigenvalue weighted by atomic mass is 9.95. The molecule has 1 saturated carbocycles. The second kappa shape index (κ2) is 7.18. The molecule has 4 rings (SSSR count). The summed E-state index contributed by atoms with van der Waals surface area (Å²) in [6.45, 7) is 2.65. The van der Waals surface area contributed by atoms with Crippen LogP contribution in [0.3, 0.4) is 0 Å². The van der Waals surface area contributed by atoms with Gasteiger partial charge in [-0.05, 0) is 56.6 Å². The van der Waals surface area contributed by atoms with Crippen LogP contribution in [0.5, 0.6) is 5.88 Å². The summed E-state index contributed by atoms with van der Waals surface area (Å²) >= 11 is 0. The summed E-state index contributed by atoms with van der Waals surface area (Å²) < 4.78 is 29.2. The Balaban J connectivity index is 1.53. The van der Waals surface area contributed by atoms with Crippen LogP contribution in [0, 0.1) is 11.8 Å². The maximum atomic E-state index is 12.8. The number of carbonyl (C=O) groups is 1. The smallest absolute Gasteiger partial charge is 0.238 e. The van der Waals surface area contributed by atoms with Crippen LogP contribution in [0.15, 0.2) is 12.1 Å². The molecule has 142 valence electrons. The first-order valence-electron chi connectivity index (χ1n) is 9.65. The molecule has 2 saturated heterocycles. The number of pyridine rings is 1. The predicted octanol–water partition coefficient (Wildman–Crippen LogP) is 2.48. The van der Waals surface area contributed by atoms with Crippen molar-refractivity contribution in [2.75, 3.05) is 36.1 Å². The fourth-order valence-electron chi connectivity index (χ4n) is 3.72. The Morgan fingerprint density at radius 2 is 1.81 bits per heavy atom. The Morgan fingerprint density at radius 3 is 2.46 bits per heavy atom. The van der Waals surface area contributed by atoms with Crippen molar-refractivity contribution < 1.29 is 17.9 Å². The number of nitrogens with zero attached hydrogens (tertiary/aromatic N) is 2. The predicted molar refractivity (Wildman–Crippen MR) is 99.6 cm³/mol. The zero-order chi connectivity index (χ0) is 18.1. The zero-order valence-corrected chi connectivity index (χ0v) is 15.8. The molecule has 26 heavy (non-hydrogen) atoms. The number of ketones is 1. The minimum absolute atomic E-state index is 0.0517. The van der Waals surface area contributed by atoms with Gasteiger partial charge in [0.1, 0.15) is 15.5 Å². The molecule has 0 aromatic carbocycles. The Morgan fingerprint density at radius 1 is 1.12 bits per heavy atom. The van der Waals surface area contributed by atoms with E-state index in [1.807, 2.05) is 6.07 Å². The average molecular weight is 378 g/mol. The van der Waals surface area contributed by atoms with Crippen LogP contribution in [0.2, 0.25) is 0 Å². The van der Waals surface area contributed by atoms with Crippen LogP contribution in [0.4, 0.5) is 5.69 Å². The molecule has 6 nitrogen and oxygen atoms in total. The monoisotopic (exact) mass is 378 g/mol. The second-order valence-electron chi connectivity index (χ2n) is 7.76. The highest BCUT2D eigenvalue weighted by Crippen LogP contribution is 2.34. The minimum atomic E-state index is -2.97. The number of rotatable bonds is 6. The minimum Gasteiger partial charge on any atom is -0.476 e. The summed E-state index contributed by atoms with van der Waals surface area (Å²) in [6.07, 6.45) is 5.53. The van der Waals surface area contributed by atoms with E-state index < -0.39 is 9.84 Å². The second-order valence-corrected chi connectivity index (χ2v) is 10.1. The quantitative estimate of drug-likeness (QED) is 0.708. The summed E-state index contributed by atoms with van der Waals surface area (Å²) in [5.74, 6) is 1.07. The Labute approximate surface area is 154 Å². The van der Waals surface area contributed by atoms with Gasteiger partial charge < -0.3 is 9.64 Å². The van der Waals surface area contributed by atoms with Gasteiger partial charge in [-0.25, -0.2) is 13.4 Å². The maximum absolute atomic E-state index is 12.8. The number of sulfone groups is 1. The summed E-state index contributed by atoms with van der Waals surface area (Å²) in [5.41, 5.74) is 1.38. The molecule has 0 atom stereocenters. The lowest BCUT2D eigenvalue weighted by Crippen LogP contribution is -2.29. The molecule has 3 aliphatic rings. The van der Waals surface area contributed by atoms with Crippen LogP contribution in [-0.2, 0) is 9.84 Å². The highest BCUT2D eigenvalue weighted by molar-refractivity contribution is 7.91. The van der Waals surface area contributed by atoms with E-state index >= 15 is 0 Å². The Bertz CT molecular complexity index is 769. The molecule has 0 spiro atoms. The molecule has 0 bridgehead atoms. The Kier molecular flexibility index (Phi) is 4.90. The fourth-order valence-corrected chi connectivity index (χ4v) is 5.21. The molecule has 1 aromatic heterocycles. The third kappa shape index (κ3) is 4.03. The van der Waals surface area contributed by atoms with Crippen molar-refractivity contribution in [2.45, 2.75) is 38.5 Å². The van der Waals surface area contributed by atoms with Crippen molar-refractivity contribution in [1.82, 2.24) is 4.98 Å². The summed E-state index contributed by atoms with van der Waals surface area (Å²) in [4.78, 5) is 19.7. The third-order valence-electron chi connectivity index (χ3n) is 5.62. The van der Waals surface area contributed by atoms with Crippen molar-refractivity contribution in [1.29, 1.82) is 0 Å². The molecule has 3 heterocycles. The number of aromatic nitrogens is 1. The van der Waals surface area contributed by atoms with Crippen molar-refractivity contribution in [3.63, 3.8) is 0 Å². The largest absolute Gasteiger partial charge is 0.476 e. The van der Waals surface area contributed by atoms with E-state index in [0.717, 1.165) is 18.8 Å². The van der Waals surface area contributed by atoms with Crippen LogP contribution in [0.25, 0.3) is 0 Å². The highest BCUT2D eigenvalue weighted by Gasteiger charge is 2.31. The molecule has 0 N–H and O–H groups in total. The number of ether oxygens (including phenoxy) is 1. The van der Waals surface area contributed by atoms with Gasteiger partial charge in [0.25, 0.3) is 0 Å². The summed E-state index contributed by atoms with van der Waals surface area (Å²) in [6, 6.07) is 3.73. The van der Waals surface area contributed by atoms with Gasteiger partial charge in [0, 0.05) is 19.0 Å². The van der Waals surface area contributed by atoms with Gasteiger partial charge in [-0.15, -0.1) is 0 Å². The first-order chi connectivity index (χ1) is 12.5. The molecule has 3 fully saturated rings. The van der Waals surface area contributed by atoms with Crippen LogP contribution in [-0.4, -0.2) is 50.4 Å². The maximum Gasteiger partial charge on any atom is 0.238 e. The van der Waals surface area contributed by atoms with Crippen LogP contribution < -0.4 is 9.64 Å². The Hall–Kier alpha value is -1.63. The van der Waals surface area contributed by atoms with Crippen molar-refractivity contribution in [3.05, 3.63) is 17.8 Å². The molecular formula is C19H26N2O4S. The van der Waals surface area contributed by atoms with Gasteiger partial charge in [-0.3, -0.25) is 4.79 Å². The van der Waals surface area contributed by atoms with Crippen LogP contribution >= 0.6 is 0 Å². The van der Waals surface area contributed by atoms with E-state index in [1.165, 1.54) is 25.7 Å². The van der Waals surface area contributed by atoms with Gasteiger partial charge in [0.05, 0.1) is 23.8 Å². The van der Waals surface area contributed by atoms with Gasteiger partial charge in [-0.2, -0.15) is 0 Å². The lowest BCUT2D eigenvalue weighted by molar-refractivity contribution is 0.0905. The van der Waals surface area contributed by atoms with E-state index in [9.17, 15) is 13.2 Å².